The molecule has 0 radical (unpaired) electrons. The molecule has 11 heteroatoms. The van der Waals surface area contributed by atoms with Crippen LogP contribution in [0.4, 0.5) is 30.6 Å². The Morgan fingerprint density at radius 1 is 1.26 bits per heavy atom. The van der Waals surface area contributed by atoms with Crippen molar-refractivity contribution in [3.63, 3.8) is 0 Å². The molecule has 34 heavy (non-hydrogen) atoms. The molecule has 2 atom stereocenters. The zero-order valence-electron chi connectivity index (χ0n) is 19.2. The van der Waals surface area contributed by atoms with Crippen LogP contribution in [0.2, 0.25) is 0 Å². The molecule has 2 aliphatic heterocycles. The molecule has 8 nitrogen and oxygen atoms in total. The van der Waals surface area contributed by atoms with E-state index in [1.54, 1.807) is 6.07 Å². The minimum absolute atomic E-state index is 0.0588. The molecule has 0 saturated carbocycles. The molecular weight excluding hydrogens is 451 g/mol. The monoisotopic (exact) mass is 481 g/mol. The van der Waals surface area contributed by atoms with Crippen LogP contribution < -0.4 is 20.1 Å². The lowest BCUT2D eigenvalue weighted by Gasteiger charge is -2.40. The molecule has 3 heterocycles. The van der Waals surface area contributed by atoms with Crippen LogP contribution in [-0.2, 0) is 0 Å². The van der Waals surface area contributed by atoms with E-state index in [0.29, 0.717) is 11.7 Å². The Hall–Kier alpha value is -2.79. The number of rotatable bonds is 9. The predicted molar refractivity (Wildman–Crippen MR) is 121 cm³/mol. The third-order valence-electron chi connectivity index (χ3n) is 6.51. The number of nitrogens with zero attached hydrogens (tertiary/aromatic N) is 3. The first-order chi connectivity index (χ1) is 16.2. The number of piperidine rings is 1. The van der Waals surface area contributed by atoms with Gasteiger partial charge in [-0.05, 0) is 43.4 Å². The van der Waals surface area contributed by atoms with Gasteiger partial charge >= 0.3 is 6.61 Å². The molecule has 0 bridgehead atoms. The first-order valence-corrected chi connectivity index (χ1v) is 11.4. The van der Waals surface area contributed by atoms with E-state index in [0.717, 1.165) is 38.5 Å². The highest BCUT2D eigenvalue weighted by Crippen LogP contribution is 2.41. The quantitative estimate of drug-likeness (QED) is 0.495. The number of halogens is 3. The lowest BCUT2D eigenvalue weighted by atomic mass is 9.80. The van der Waals surface area contributed by atoms with Crippen molar-refractivity contribution in [3.05, 3.63) is 30.2 Å². The molecule has 3 N–H and O–H groups in total. The number of anilines is 3. The van der Waals surface area contributed by atoms with Crippen molar-refractivity contribution in [1.29, 1.82) is 0 Å². The Morgan fingerprint density at radius 3 is 2.85 bits per heavy atom. The standard InChI is InChI=1S/C23H30F3N5O3/c1-23(2)6-8-31-7-5-15(12-19(23)31)28-20-16(24)13-27-22(30-20)29-14-3-4-17(33-10-9-32)18(11-14)34-21(25)26/h3-4,11,13,15,19,21,32H,5-10,12H2,1-2H3,(H2,27,28,29,30)/t15-,19-/m0/s1. The van der Waals surface area contributed by atoms with Crippen LogP contribution in [0, 0.1) is 11.2 Å². The van der Waals surface area contributed by atoms with E-state index in [4.69, 9.17) is 9.84 Å². The van der Waals surface area contributed by atoms with Crippen LogP contribution in [0.15, 0.2) is 24.4 Å². The topological polar surface area (TPSA) is 91.8 Å². The Bertz CT molecular complexity index is 994. The van der Waals surface area contributed by atoms with Gasteiger partial charge in [-0.2, -0.15) is 13.8 Å². The molecule has 2 fully saturated rings. The number of ether oxygens (including phenoxy) is 2. The summed E-state index contributed by atoms with van der Waals surface area (Å²) >= 11 is 0. The summed E-state index contributed by atoms with van der Waals surface area (Å²) in [6, 6.07) is 4.82. The van der Waals surface area contributed by atoms with E-state index in [1.165, 1.54) is 12.1 Å². The van der Waals surface area contributed by atoms with Gasteiger partial charge in [-0.1, -0.05) is 13.8 Å². The second kappa shape index (κ2) is 10.2. The number of alkyl halides is 2. The fourth-order valence-electron chi connectivity index (χ4n) is 4.72. The number of nitrogens with one attached hydrogen (secondary N) is 2. The first kappa shape index (κ1) is 24.3. The van der Waals surface area contributed by atoms with E-state index in [-0.39, 0.29) is 47.9 Å². The van der Waals surface area contributed by atoms with Crippen molar-refractivity contribution in [2.24, 2.45) is 5.41 Å². The van der Waals surface area contributed by atoms with Gasteiger partial charge in [0.15, 0.2) is 23.1 Å². The van der Waals surface area contributed by atoms with Gasteiger partial charge in [0.25, 0.3) is 0 Å². The lowest BCUT2D eigenvalue weighted by Crippen LogP contribution is -2.47. The van der Waals surface area contributed by atoms with Gasteiger partial charge in [-0.3, -0.25) is 4.90 Å². The van der Waals surface area contributed by atoms with Gasteiger partial charge in [-0.15, -0.1) is 0 Å². The number of aromatic nitrogens is 2. The van der Waals surface area contributed by atoms with Crippen molar-refractivity contribution in [1.82, 2.24) is 14.9 Å². The molecular formula is C23H30F3N5O3. The Labute approximate surface area is 196 Å². The van der Waals surface area contributed by atoms with Gasteiger partial charge in [0.2, 0.25) is 5.95 Å². The van der Waals surface area contributed by atoms with Crippen LogP contribution in [-0.4, -0.2) is 65.0 Å². The average molecular weight is 482 g/mol. The van der Waals surface area contributed by atoms with Crippen LogP contribution in [0.25, 0.3) is 0 Å². The number of benzene rings is 1. The molecule has 2 aliphatic rings. The van der Waals surface area contributed by atoms with Crippen molar-refractivity contribution >= 4 is 17.5 Å². The van der Waals surface area contributed by atoms with Crippen LogP contribution >= 0.6 is 0 Å². The molecule has 0 amide bonds. The summed E-state index contributed by atoms with van der Waals surface area (Å²) in [6.07, 6.45) is 4.02. The molecule has 0 unspecified atom stereocenters. The number of aliphatic hydroxyl groups is 1. The van der Waals surface area contributed by atoms with Gasteiger partial charge in [-0.25, -0.2) is 9.37 Å². The smallest absolute Gasteiger partial charge is 0.387 e. The highest BCUT2D eigenvalue weighted by molar-refractivity contribution is 5.60. The zero-order chi connectivity index (χ0) is 24.3. The summed E-state index contributed by atoms with van der Waals surface area (Å²) in [7, 11) is 0. The highest BCUT2D eigenvalue weighted by Gasteiger charge is 2.43. The van der Waals surface area contributed by atoms with E-state index < -0.39 is 12.4 Å². The normalized spacial score (nSPS) is 21.9. The second-order valence-corrected chi connectivity index (χ2v) is 9.28. The maximum atomic E-state index is 14.5. The second-order valence-electron chi connectivity index (χ2n) is 9.28. The number of hydrogen-bond acceptors (Lipinski definition) is 8. The fraction of sp³-hybridized carbons (Fsp3) is 0.565. The van der Waals surface area contributed by atoms with E-state index in [9.17, 15) is 13.2 Å². The Morgan fingerprint density at radius 2 is 2.09 bits per heavy atom. The van der Waals surface area contributed by atoms with Gasteiger partial charge in [0, 0.05) is 30.4 Å². The molecule has 2 aromatic rings. The molecule has 4 rings (SSSR count). The van der Waals surface area contributed by atoms with E-state index >= 15 is 0 Å². The lowest BCUT2D eigenvalue weighted by molar-refractivity contribution is -0.0515. The maximum Gasteiger partial charge on any atom is 0.387 e. The largest absolute Gasteiger partial charge is 0.487 e. The summed E-state index contributed by atoms with van der Waals surface area (Å²) < 4.78 is 49.9. The summed E-state index contributed by atoms with van der Waals surface area (Å²) in [6.45, 7) is 3.21. The van der Waals surface area contributed by atoms with Crippen molar-refractivity contribution in [3.8, 4) is 11.5 Å². The predicted octanol–water partition coefficient (Wildman–Crippen LogP) is 4.01. The minimum atomic E-state index is -3.05. The summed E-state index contributed by atoms with van der Waals surface area (Å²) in [5.74, 6) is -0.510. The molecule has 1 aromatic carbocycles. The van der Waals surface area contributed by atoms with E-state index in [1.807, 2.05) is 0 Å². The summed E-state index contributed by atoms with van der Waals surface area (Å²) in [4.78, 5) is 10.7. The number of aliphatic hydroxyl groups excluding tert-OH is 1. The molecule has 0 spiro atoms. The summed E-state index contributed by atoms with van der Waals surface area (Å²) in [5.41, 5.74) is 0.577. The zero-order valence-corrected chi connectivity index (χ0v) is 19.2. The third-order valence-corrected chi connectivity index (χ3v) is 6.51. The summed E-state index contributed by atoms with van der Waals surface area (Å²) in [5, 5.41) is 15.0. The van der Waals surface area contributed by atoms with Crippen molar-refractivity contribution < 1.29 is 27.8 Å². The Balaban J connectivity index is 1.47. The first-order valence-electron chi connectivity index (χ1n) is 11.4. The maximum absolute atomic E-state index is 14.5. The van der Waals surface area contributed by atoms with Crippen molar-refractivity contribution in [2.45, 2.75) is 51.8 Å². The average Bonchev–Trinajstić information content (AvgIpc) is 3.09. The number of fused-ring (bicyclic) bond motifs is 1. The van der Waals surface area contributed by atoms with E-state index in [2.05, 4.69) is 44.1 Å². The van der Waals surface area contributed by atoms with Crippen LogP contribution in [0.5, 0.6) is 11.5 Å². The Kier molecular flexibility index (Phi) is 7.32. The molecule has 186 valence electrons. The van der Waals surface area contributed by atoms with Crippen LogP contribution in [0.1, 0.15) is 33.1 Å². The number of hydrogen-bond donors (Lipinski definition) is 3. The fourth-order valence-corrected chi connectivity index (χ4v) is 4.72. The van der Waals surface area contributed by atoms with Crippen LogP contribution in [0.3, 0.4) is 0 Å². The van der Waals surface area contributed by atoms with Gasteiger partial charge < -0.3 is 25.2 Å². The van der Waals surface area contributed by atoms with Gasteiger partial charge in [0.05, 0.1) is 12.8 Å². The van der Waals surface area contributed by atoms with Crippen molar-refractivity contribution in [2.75, 3.05) is 36.9 Å². The SMILES string of the molecule is CC1(C)CCN2CC[C@H](Nc3nc(Nc4ccc(OCCO)c(OC(F)F)c4)ncc3F)C[C@H]21. The highest BCUT2D eigenvalue weighted by atomic mass is 19.3. The molecule has 2 saturated heterocycles. The van der Waals surface area contributed by atoms with Gasteiger partial charge in [0.1, 0.15) is 6.61 Å². The molecule has 1 aromatic heterocycles. The third kappa shape index (κ3) is 5.64. The minimum Gasteiger partial charge on any atom is -0.487 e. The molecule has 0 aliphatic carbocycles.